The highest BCUT2D eigenvalue weighted by Crippen LogP contribution is 2.15. The van der Waals surface area contributed by atoms with Crippen molar-refractivity contribution in [3.63, 3.8) is 0 Å². The zero-order chi connectivity index (χ0) is 13.1. The summed E-state index contributed by atoms with van der Waals surface area (Å²) in [6.45, 7) is 1.28. The second-order valence-electron chi connectivity index (χ2n) is 4.48. The summed E-state index contributed by atoms with van der Waals surface area (Å²) >= 11 is 0. The number of carbonyl (C=O) groups excluding carboxylic acids is 1. The lowest BCUT2D eigenvalue weighted by molar-refractivity contribution is 0.0706. The number of piperidine rings is 1. The lowest BCUT2D eigenvalue weighted by atomic mass is 10.0. The van der Waals surface area contributed by atoms with Crippen LogP contribution in [0.4, 0.5) is 8.78 Å². The topological polar surface area (TPSA) is 32.3 Å². The minimum Gasteiger partial charge on any atom is -0.339 e. The molecule has 2 rings (SSSR count). The van der Waals surface area contributed by atoms with Gasteiger partial charge in [0.25, 0.3) is 5.91 Å². The monoisotopic (exact) mass is 290 g/mol. The van der Waals surface area contributed by atoms with Gasteiger partial charge in [-0.3, -0.25) is 4.79 Å². The van der Waals surface area contributed by atoms with Crippen LogP contribution in [-0.4, -0.2) is 37.0 Å². The van der Waals surface area contributed by atoms with Crippen LogP contribution in [0.1, 0.15) is 23.2 Å². The van der Waals surface area contributed by atoms with Crippen LogP contribution in [0.25, 0.3) is 0 Å². The molecule has 0 bridgehead atoms. The maximum atomic E-state index is 13.1. The first-order chi connectivity index (χ1) is 8.61. The molecule has 0 aromatic heterocycles. The van der Waals surface area contributed by atoms with Crippen molar-refractivity contribution in [2.24, 2.45) is 0 Å². The smallest absolute Gasteiger partial charge is 0.253 e. The molecule has 6 heteroatoms. The second kappa shape index (κ2) is 6.82. The van der Waals surface area contributed by atoms with E-state index in [0.717, 1.165) is 25.0 Å². The molecule has 0 aliphatic carbocycles. The first-order valence-corrected chi connectivity index (χ1v) is 6.03. The number of halogens is 3. The van der Waals surface area contributed by atoms with Crippen molar-refractivity contribution in [3.8, 4) is 0 Å². The molecule has 106 valence electrons. The van der Waals surface area contributed by atoms with Crippen molar-refractivity contribution in [3.05, 3.63) is 35.4 Å². The molecule has 1 aromatic carbocycles. The predicted octanol–water partition coefficient (Wildman–Crippen LogP) is 2.21. The van der Waals surface area contributed by atoms with Gasteiger partial charge in [-0.2, -0.15) is 0 Å². The summed E-state index contributed by atoms with van der Waals surface area (Å²) in [5.41, 5.74) is 0.205. The Balaban J connectivity index is 0.00000180. The molecule has 1 heterocycles. The first-order valence-electron chi connectivity index (χ1n) is 6.03. The molecule has 1 N–H and O–H groups in total. The van der Waals surface area contributed by atoms with Crippen molar-refractivity contribution in [1.29, 1.82) is 0 Å². The lowest BCUT2D eigenvalue weighted by Crippen LogP contribution is -2.43. The zero-order valence-electron chi connectivity index (χ0n) is 10.7. The number of nitrogens with zero attached hydrogens (tertiary/aromatic N) is 1. The Morgan fingerprint density at radius 1 is 1.26 bits per heavy atom. The van der Waals surface area contributed by atoms with Gasteiger partial charge in [-0.1, -0.05) is 0 Å². The highest BCUT2D eigenvalue weighted by atomic mass is 35.5. The largest absolute Gasteiger partial charge is 0.339 e. The van der Waals surface area contributed by atoms with Gasteiger partial charge < -0.3 is 10.2 Å². The van der Waals surface area contributed by atoms with E-state index in [-0.39, 0.29) is 23.9 Å². The van der Waals surface area contributed by atoms with Gasteiger partial charge in [-0.05, 0) is 38.1 Å². The van der Waals surface area contributed by atoms with E-state index in [9.17, 15) is 13.6 Å². The number of likely N-dealkylation sites (tertiary alicyclic amines) is 1. The van der Waals surface area contributed by atoms with E-state index in [4.69, 9.17) is 0 Å². The third-order valence-electron chi connectivity index (χ3n) is 3.36. The fourth-order valence-electron chi connectivity index (χ4n) is 2.18. The summed E-state index contributed by atoms with van der Waals surface area (Å²) in [5, 5.41) is 3.17. The average Bonchev–Trinajstić information content (AvgIpc) is 2.41. The number of hydrogen-bond acceptors (Lipinski definition) is 2. The molecule has 1 aliphatic heterocycles. The maximum absolute atomic E-state index is 13.1. The fraction of sp³-hybridized carbons (Fsp3) is 0.462. The van der Waals surface area contributed by atoms with E-state index in [1.54, 1.807) is 4.90 Å². The Hall–Kier alpha value is -1.20. The molecule has 1 aromatic rings. The number of carbonyl (C=O) groups is 1. The fourth-order valence-corrected chi connectivity index (χ4v) is 2.18. The first kappa shape index (κ1) is 15.9. The molecule has 1 aliphatic rings. The summed E-state index contributed by atoms with van der Waals surface area (Å²) in [5.74, 6) is -2.14. The Morgan fingerprint density at radius 2 is 1.89 bits per heavy atom. The van der Waals surface area contributed by atoms with E-state index < -0.39 is 11.6 Å². The molecule has 1 saturated heterocycles. The van der Waals surface area contributed by atoms with E-state index in [2.05, 4.69) is 5.32 Å². The third kappa shape index (κ3) is 3.64. The Morgan fingerprint density at radius 3 is 2.42 bits per heavy atom. The van der Waals surface area contributed by atoms with E-state index in [1.165, 1.54) is 6.07 Å². The molecule has 1 fully saturated rings. The number of nitrogens with one attached hydrogen (secondary N) is 1. The summed E-state index contributed by atoms with van der Waals surface area (Å²) in [4.78, 5) is 13.8. The van der Waals surface area contributed by atoms with Gasteiger partial charge in [-0.25, -0.2) is 8.78 Å². The quantitative estimate of drug-likeness (QED) is 0.906. The number of benzene rings is 1. The predicted molar refractivity (Wildman–Crippen MR) is 71.6 cm³/mol. The Labute approximate surface area is 117 Å². The van der Waals surface area contributed by atoms with Crippen molar-refractivity contribution in [2.45, 2.75) is 18.9 Å². The number of amides is 1. The van der Waals surface area contributed by atoms with Crippen LogP contribution in [0.2, 0.25) is 0 Å². The summed E-state index contributed by atoms with van der Waals surface area (Å²) in [6, 6.07) is 3.70. The van der Waals surface area contributed by atoms with Crippen LogP contribution in [0.15, 0.2) is 18.2 Å². The van der Waals surface area contributed by atoms with Crippen molar-refractivity contribution in [1.82, 2.24) is 10.2 Å². The summed E-state index contributed by atoms with van der Waals surface area (Å²) in [6.07, 6.45) is 1.76. The Kier molecular flexibility index (Phi) is 5.69. The van der Waals surface area contributed by atoms with E-state index in [0.29, 0.717) is 19.1 Å². The summed E-state index contributed by atoms with van der Waals surface area (Å²) < 4.78 is 25.9. The van der Waals surface area contributed by atoms with Crippen LogP contribution in [0.5, 0.6) is 0 Å². The molecule has 0 spiro atoms. The highest BCUT2D eigenvalue weighted by Gasteiger charge is 2.23. The summed E-state index contributed by atoms with van der Waals surface area (Å²) in [7, 11) is 1.90. The number of hydrogen-bond donors (Lipinski definition) is 1. The van der Waals surface area contributed by atoms with Gasteiger partial charge in [0.15, 0.2) is 11.6 Å². The third-order valence-corrected chi connectivity index (χ3v) is 3.36. The maximum Gasteiger partial charge on any atom is 0.253 e. The van der Waals surface area contributed by atoms with Crippen LogP contribution in [0, 0.1) is 11.6 Å². The number of rotatable bonds is 2. The molecule has 19 heavy (non-hydrogen) atoms. The van der Waals surface area contributed by atoms with E-state index in [1.807, 2.05) is 7.05 Å². The molecule has 3 nitrogen and oxygen atoms in total. The molecule has 0 radical (unpaired) electrons. The average molecular weight is 291 g/mol. The van der Waals surface area contributed by atoms with E-state index >= 15 is 0 Å². The molecule has 0 atom stereocenters. The SMILES string of the molecule is CNC1CCN(C(=O)c2ccc(F)c(F)c2)CC1.Cl. The van der Waals surface area contributed by atoms with Crippen LogP contribution in [-0.2, 0) is 0 Å². The molecule has 0 unspecified atom stereocenters. The van der Waals surface area contributed by atoms with Gasteiger partial charge in [-0.15, -0.1) is 12.4 Å². The molecular weight excluding hydrogens is 274 g/mol. The molecular formula is C13H17ClF2N2O. The standard InChI is InChI=1S/C13H16F2N2O.ClH/c1-16-10-4-6-17(7-5-10)13(18)9-2-3-11(14)12(15)8-9;/h2-3,8,10,16H,4-7H2,1H3;1H. The van der Waals surface area contributed by atoms with Crippen LogP contribution in [0.3, 0.4) is 0 Å². The second-order valence-corrected chi connectivity index (χ2v) is 4.48. The lowest BCUT2D eigenvalue weighted by Gasteiger charge is -2.31. The van der Waals surface area contributed by atoms with Crippen LogP contribution >= 0.6 is 12.4 Å². The van der Waals surface area contributed by atoms with Gasteiger partial charge in [0.2, 0.25) is 0 Å². The molecule has 1 amide bonds. The zero-order valence-corrected chi connectivity index (χ0v) is 11.5. The van der Waals surface area contributed by atoms with Crippen molar-refractivity contribution in [2.75, 3.05) is 20.1 Å². The Bertz CT molecular complexity index is 448. The minimum absolute atomic E-state index is 0. The highest BCUT2D eigenvalue weighted by molar-refractivity contribution is 5.94. The normalized spacial score (nSPS) is 16.1. The van der Waals surface area contributed by atoms with Crippen molar-refractivity contribution < 1.29 is 13.6 Å². The van der Waals surface area contributed by atoms with Gasteiger partial charge in [0.05, 0.1) is 0 Å². The van der Waals surface area contributed by atoms with Gasteiger partial charge in [0, 0.05) is 24.7 Å². The van der Waals surface area contributed by atoms with Gasteiger partial charge >= 0.3 is 0 Å². The van der Waals surface area contributed by atoms with Gasteiger partial charge in [0.1, 0.15) is 0 Å². The molecule has 0 saturated carbocycles. The van der Waals surface area contributed by atoms with Crippen molar-refractivity contribution >= 4 is 18.3 Å². The van der Waals surface area contributed by atoms with Crippen LogP contribution < -0.4 is 5.32 Å². The minimum atomic E-state index is -0.981.